The molecular weight excluding hydrogens is 302 g/mol. The van der Waals surface area contributed by atoms with Gasteiger partial charge in [-0.15, -0.1) is 0 Å². The van der Waals surface area contributed by atoms with Gasteiger partial charge in [-0.25, -0.2) is 0 Å². The first-order valence-electron chi connectivity index (χ1n) is 9.33. The van der Waals surface area contributed by atoms with E-state index < -0.39 is 0 Å². The van der Waals surface area contributed by atoms with Gasteiger partial charge < -0.3 is 15.4 Å². The number of aryl methyl sites for hydroxylation is 1. The molecule has 1 aromatic rings. The van der Waals surface area contributed by atoms with Crippen molar-refractivity contribution < 1.29 is 4.74 Å². The summed E-state index contributed by atoms with van der Waals surface area (Å²) in [5.41, 5.74) is 1.54. The summed E-state index contributed by atoms with van der Waals surface area (Å²) in [5.74, 6) is 0.924. The Hall–Kier alpha value is -1.56. The standard InChI is InChI=1S/C18H31N5O/c1-4-19-17(20-9-10-23-13-14(3)12-21-23)22-15-11-16(24-5-2)18(15)7-6-8-18/h12-13,15-16H,4-11H2,1-3H3,(H2,19,20,22). The summed E-state index contributed by atoms with van der Waals surface area (Å²) in [4.78, 5) is 4.73. The predicted octanol–water partition coefficient (Wildman–Crippen LogP) is 2.09. The van der Waals surface area contributed by atoms with Crippen molar-refractivity contribution in [3.05, 3.63) is 18.0 Å². The highest BCUT2D eigenvalue weighted by Gasteiger charge is 2.59. The van der Waals surface area contributed by atoms with E-state index in [0.717, 1.165) is 38.6 Å². The first-order valence-corrected chi connectivity index (χ1v) is 9.33. The van der Waals surface area contributed by atoms with Crippen molar-refractivity contribution in [2.24, 2.45) is 10.4 Å². The maximum absolute atomic E-state index is 5.94. The van der Waals surface area contributed by atoms with Crippen molar-refractivity contribution in [1.29, 1.82) is 0 Å². The van der Waals surface area contributed by atoms with Crippen LogP contribution in [0.2, 0.25) is 0 Å². The van der Waals surface area contributed by atoms with E-state index in [1.54, 1.807) is 0 Å². The van der Waals surface area contributed by atoms with E-state index >= 15 is 0 Å². The molecule has 0 bridgehead atoms. The number of aliphatic imine (C=N–C) groups is 1. The number of nitrogens with zero attached hydrogens (tertiary/aromatic N) is 3. The van der Waals surface area contributed by atoms with Gasteiger partial charge in [0.2, 0.25) is 0 Å². The molecule has 0 aliphatic heterocycles. The molecule has 0 aromatic carbocycles. The Balaban J connectivity index is 1.54. The summed E-state index contributed by atoms with van der Waals surface area (Å²) in [6.07, 6.45) is 9.35. The molecule has 2 atom stereocenters. The van der Waals surface area contributed by atoms with Crippen molar-refractivity contribution in [3.8, 4) is 0 Å². The fourth-order valence-corrected chi connectivity index (χ4v) is 3.98. The third kappa shape index (κ3) is 3.43. The zero-order valence-corrected chi connectivity index (χ0v) is 15.2. The topological polar surface area (TPSA) is 63.5 Å². The summed E-state index contributed by atoms with van der Waals surface area (Å²) in [6, 6.07) is 0.493. The maximum atomic E-state index is 5.94. The molecule has 6 heteroatoms. The SMILES string of the molecule is CCNC(=NCCn1cc(C)cn1)NC1CC(OCC)C12CCC2. The Kier molecular flexibility index (Phi) is 5.43. The quantitative estimate of drug-likeness (QED) is 0.592. The van der Waals surface area contributed by atoms with Gasteiger partial charge in [0.15, 0.2) is 5.96 Å². The van der Waals surface area contributed by atoms with E-state index in [0.29, 0.717) is 17.6 Å². The Morgan fingerprint density at radius 2 is 2.29 bits per heavy atom. The van der Waals surface area contributed by atoms with Crippen LogP contribution in [0.5, 0.6) is 0 Å². The molecular formula is C18H31N5O. The number of hydrogen-bond donors (Lipinski definition) is 2. The Labute approximate surface area is 145 Å². The van der Waals surface area contributed by atoms with Crippen LogP contribution in [0.25, 0.3) is 0 Å². The number of rotatable bonds is 7. The number of guanidine groups is 1. The molecule has 2 saturated carbocycles. The van der Waals surface area contributed by atoms with Crippen LogP contribution in [0.15, 0.2) is 17.4 Å². The lowest BCUT2D eigenvalue weighted by molar-refractivity contribution is -0.168. The van der Waals surface area contributed by atoms with E-state index in [2.05, 4.69) is 42.7 Å². The highest BCUT2D eigenvalue weighted by molar-refractivity contribution is 5.80. The van der Waals surface area contributed by atoms with E-state index in [1.165, 1.54) is 24.8 Å². The van der Waals surface area contributed by atoms with Gasteiger partial charge in [-0.05, 0) is 45.6 Å². The van der Waals surface area contributed by atoms with E-state index in [9.17, 15) is 0 Å². The molecule has 1 aromatic heterocycles. The van der Waals surface area contributed by atoms with E-state index in [-0.39, 0.29) is 0 Å². The molecule has 6 nitrogen and oxygen atoms in total. The van der Waals surface area contributed by atoms with Crippen LogP contribution in [-0.4, -0.2) is 47.6 Å². The highest BCUT2D eigenvalue weighted by atomic mass is 16.5. The van der Waals surface area contributed by atoms with E-state index in [4.69, 9.17) is 9.73 Å². The molecule has 2 fully saturated rings. The van der Waals surface area contributed by atoms with Crippen LogP contribution in [0.4, 0.5) is 0 Å². The van der Waals surface area contributed by atoms with Gasteiger partial charge in [-0.1, -0.05) is 6.42 Å². The van der Waals surface area contributed by atoms with Crippen molar-refractivity contribution in [2.45, 2.75) is 65.1 Å². The minimum absolute atomic E-state index is 0.352. The fraction of sp³-hybridized carbons (Fsp3) is 0.778. The smallest absolute Gasteiger partial charge is 0.191 e. The zero-order valence-electron chi connectivity index (χ0n) is 15.2. The van der Waals surface area contributed by atoms with Crippen LogP contribution in [0.1, 0.15) is 45.1 Å². The molecule has 3 rings (SSSR count). The average molecular weight is 333 g/mol. The molecule has 134 valence electrons. The monoisotopic (exact) mass is 333 g/mol. The van der Waals surface area contributed by atoms with Gasteiger partial charge in [0.1, 0.15) is 0 Å². The van der Waals surface area contributed by atoms with E-state index in [1.807, 2.05) is 10.9 Å². The first kappa shape index (κ1) is 17.3. The van der Waals surface area contributed by atoms with Gasteiger partial charge >= 0.3 is 0 Å². The molecule has 2 unspecified atom stereocenters. The molecule has 0 radical (unpaired) electrons. The number of hydrogen-bond acceptors (Lipinski definition) is 3. The average Bonchev–Trinajstić information content (AvgIpc) is 2.90. The van der Waals surface area contributed by atoms with Crippen LogP contribution in [0.3, 0.4) is 0 Å². The molecule has 0 amide bonds. The minimum atomic E-state index is 0.352. The molecule has 1 spiro atoms. The second kappa shape index (κ2) is 7.55. The highest BCUT2D eigenvalue weighted by Crippen LogP contribution is 2.57. The third-order valence-electron chi connectivity index (χ3n) is 5.45. The van der Waals surface area contributed by atoms with Gasteiger partial charge in [0.25, 0.3) is 0 Å². The number of ether oxygens (including phenoxy) is 1. The van der Waals surface area contributed by atoms with Crippen molar-refractivity contribution in [1.82, 2.24) is 20.4 Å². The Bertz CT molecular complexity index is 564. The predicted molar refractivity (Wildman–Crippen MR) is 96.2 cm³/mol. The normalized spacial score (nSPS) is 25.2. The van der Waals surface area contributed by atoms with Gasteiger partial charge in [0, 0.05) is 30.8 Å². The lowest BCUT2D eigenvalue weighted by Gasteiger charge is -2.61. The minimum Gasteiger partial charge on any atom is -0.378 e. The van der Waals surface area contributed by atoms with Crippen molar-refractivity contribution in [3.63, 3.8) is 0 Å². The van der Waals surface area contributed by atoms with Crippen LogP contribution in [-0.2, 0) is 11.3 Å². The van der Waals surface area contributed by atoms with Gasteiger partial charge in [0.05, 0.1) is 25.4 Å². The molecule has 2 aliphatic carbocycles. The summed E-state index contributed by atoms with van der Waals surface area (Å²) >= 11 is 0. The summed E-state index contributed by atoms with van der Waals surface area (Å²) in [6.45, 7) is 9.49. The molecule has 1 heterocycles. The summed E-state index contributed by atoms with van der Waals surface area (Å²) in [5, 5.41) is 11.3. The zero-order chi connectivity index (χ0) is 17.0. The molecule has 2 N–H and O–H groups in total. The molecule has 0 saturated heterocycles. The van der Waals surface area contributed by atoms with Crippen LogP contribution < -0.4 is 10.6 Å². The molecule has 24 heavy (non-hydrogen) atoms. The van der Waals surface area contributed by atoms with Gasteiger partial charge in [-0.2, -0.15) is 5.10 Å². The Morgan fingerprint density at radius 3 is 2.88 bits per heavy atom. The first-order chi connectivity index (χ1) is 11.7. The second-order valence-electron chi connectivity index (χ2n) is 7.00. The number of nitrogens with one attached hydrogen (secondary N) is 2. The second-order valence-corrected chi connectivity index (χ2v) is 7.00. The van der Waals surface area contributed by atoms with Crippen molar-refractivity contribution >= 4 is 5.96 Å². The van der Waals surface area contributed by atoms with Crippen LogP contribution >= 0.6 is 0 Å². The summed E-state index contributed by atoms with van der Waals surface area (Å²) in [7, 11) is 0. The Morgan fingerprint density at radius 1 is 1.46 bits per heavy atom. The van der Waals surface area contributed by atoms with Crippen LogP contribution in [0, 0.1) is 12.3 Å². The van der Waals surface area contributed by atoms with Crippen molar-refractivity contribution in [2.75, 3.05) is 19.7 Å². The maximum Gasteiger partial charge on any atom is 0.191 e. The number of aromatic nitrogens is 2. The fourth-order valence-electron chi connectivity index (χ4n) is 3.98. The van der Waals surface area contributed by atoms with Gasteiger partial charge in [-0.3, -0.25) is 9.67 Å². The largest absolute Gasteiger partial charge is 0.378 e. The lowest BCUT2D eigenvalue weighted by Crippen LogP contribution is -2.68. The third-order valence-corrected chi connectivity index (χ3v) is 5.45. The molecule has 2 aliphatic rings. The summed E-state index contributed by atoms with van der Waals surface area (Å²) < 4.78 is 7.89. The lowest BCUT2D eigenvalue weighted by atomic mass is 9.51.